The average molecular weight is 348 g/mol. The van der Waals surface area contributed by atoms with Gasteiger partial charge in [-0.25, -0.2) is 5.06 Å². The van der Waals surface area contributed by atoms with Crippen LogP contribution in [-0.4, -0.2) is 34.3 Å². The lowest BCUT2D eigenvalue weighted by molar-refractivity contribution is -0.0652. The molecule has 5 nitrogen and oxygen atoms in total. The van der Waals surface area contributed by atoms with E-state index in [2.05, 4.69) is 10.3 Å². The van der Waals surface area contributed by atoms with Gasteiger partial charge in [0.25, 0.3) is 5.91 Å². The summed E-state index contributed by atoms with van der Waals surface area (Å²) in [4.78, 5) is 16.5. The van der Waals surface area contributed by atoms with Crippen LogP contribution in [0.3, 0.4) is 0 Å². The number of rotatable bonds is 4. The van der Waals surface area contributed by atoms with E-state index in [1.54, 1.807) is 6.20 Å². The van der Waals surface area contributed by atoms with Gasteiger partial charge in [0.15, 0.2) is 0 Å². The average Bonchev–Trinajstić information content (AvgIpc) is 2.63. The molecule has 3 rings (SSSR count). The smallest absolute Gasteiger partial charge is 0.296 e. The van der Waals surface area contributed by atoms with E-state index >= 15 is 0 Å². The molecule has 2 heterocycles. The Kier molecular flexibility index (Phi) is 6.73. The van der Waals surface area contributed by atoms with Crippen LogP contribution in [0, 0.1) is 0 Å². The molecule has 6 heteroatoms. The fourth-order valence-electron chi connectivity index (χ4n) is 2.93. The van der Waals surface area contributed by atoms with E-state index in [4.69, 9.17) is 0 Å². The number of piperidine rings is 1. The number of aromatic nitrogens is 1. The van der Waals surface area contributed by atoms with E-state index in [-0.39, 0.29) is 19.0 Å². The lowest BCUT2D eigenvalue weighted by atomic mass is 9.90. The summed E-state index contributed by atoms with van der Waals surface area (Å²) in [6.45, 7) is 2.14. The molecule has 2 N–H and O–H groups in total. The quantitative estimate of drug-likeness (QED) is 0.659. The highest BCUT2D eigenvalue weighted by Crippen LogP contribution is 2.25. The standard InChI is InChI=1S/C18H21N3O2.ClH/c22-18(21(23)13-14-4-2-1-3-5-14)17-12-16(8-11-20-17)15-6-9-19-10-7-15;/h1-5,8,11-12,15,19,23H,6-7,9-10,13H2;1H. The van der Waals surface area contributed by atoms with Gasteiger partial charge in [0.05, 0.1) is 6.54 Å². The number of nitrogens with zero attached hydrogens (tertiary/aromatic N) is 2. The fraction of sp³-hybridized carbons (Fsp3) is 0.333. The van der Waals surface area contributed by atoms with Gasteiger partial charge in [0.1, 0.15) is 5.69 Å². The maximum Gasteiger partial charge on any atom is 0.296 e. The third-order valence-electron chi connectivity index (χ3n) is 4.22. The Morgan fingerprint density at radius 3 is 2.62 bits per heavy atom. The van der Waals surface area contributed by atoms with Gasteiger partial charge >= 0.3 is 0 Å². The zero-order chi connectivity index (χ0) is 16.1. The van der Waals surface area contributed by atoms with Gasteiger partial charge in [-0.3, -0.25) is 15.0 Å². The van der Waals surface area contributed by atoms with Gasteiger partial charge < -0.3 is 5.32 Å². The molecule has 1 aromatic carbocycles. The molecule has 128 valence electrons. The number of pyridine rings is 1. The summed E-state index contributed by atoms with van der Waals surface area (Å²) in [7, 11) is 0. The summed E-state index contributed by atoms with van der Waals surface area (Å²) < 4.78 is 0. The topological polar surface area (TPSA) is 65.5 Å². The molecule has 1 saturated heterocycles. The molecule has 1 amide bonds. The molecule has 0 bridgehead atoms. The summed E-state index contributed by atoms with van der Waals surface area (Å²) in [5.74, 6) is -0.0169. The van der Waals surface area contributed by atoms with Gasteiger partial charge in [-0.05, 0) is 55.1 Å². The molecular weight excluding hydrogens is 326 g/mol. The Balaban J connectivity index is 0.00000208. The highest BCUT2D eigenvalue weighted by atomic mass is 35.5. The first-order valence-electron chi connectivity index (χ1n) is 7.95. The minimum atomic E-state index is -0.468. The number of hydroxylamine groups is 2. The second-order valence-electron chi connectivity index (χ2n) is 5.85. The van der Waals surface area contributed by atoms with Crippen LogP contribution < -0.4 is 5.32 Å². The molecule has 24 heavy (non-hydrogen) atoms. The van der Waals surface area contributed by atoms with Crippen molar-refractivity contribution in [2.24, 2.45) is 0 Å². The number of nitrogens with one attached hydrogen (secondary N) is 1. The monoisotopic (exact) mass is 347 g/mol. The minimum Gasteiger partial charge on any atom is -0.317 e. The lowest BCUT2D eigenvalue weighted by Gasteiger charge is -2.23. The molecule has 1 aliphatic rings. The summed E-state index contributed by atoms with van der Waals surface area (Å²) in [6.07, 6.45) is 3.77. The van der Waals surface area contributed by atoms with Crippen LogP contribution in [0.4, 0.5) is 0 Å². The van der Waals surface area contributed by atoms with Gasteiger partial charge in [-0.15, -0.1) is 12.4 Å². The first-order chi connectivity index (χ1) is 11.2. The lowest BCUT2D eigenvalue weighted by Crippen LogP contribution is -2.29. The van der Waals surface area contributed by atoms with E-state index in [0.717, 1.165) is 42.1 Å². The van der Waals surface area contributed by atoms with Crippen molar-refractivity contribution >= 4 is 18.3 Å². The van der Waals surface area contributed by atoms with Gasteiger partial charge in [0.2, 0.25) is 0 Å². The molecule has 0 aliphatic carbocycles. The van der Waals surface area contributed by atoms with Crippen LogP contribution >= 0.6 is 12.4 Å². The van der Waals surface area contributed by atoms with Crippen molar-refractivity contribution in [2.45, 2.75) is 25.3 Å². The summed E-state index contributed by atoms with van der Waals surface area (Å²) in [5.41, 5.74) is 2.29. The summed E-state index contributed by atoms with van der Waals surface area (Å²) in [6, 6.07) is 13.2. The molecule has 2 aromatic rings. The van der Waals surface area contributed by atoms with E-state index in [1.165, 1.54) is 0 Å². The third-order valence-corrected chi connectivity index (χ3v) is 4.22. The molecule has 0 unspecified atom stereocenters. The molecule has 1 aliphatic heterocycles. The van der Waals surface area contributed by atoms with Crippen LogP contribution in [0.1, 0.15) is 40.4 Å². The van der Waals surface area contributed by atoms with Crippen molar-refractivity contribution in [3.63, 3.8) is 0 Å². The van der Waals surface area contributed by atoms with E-state index in [1.807, 2.05) is 42.5 Å². The summed E-state index contributed by atoms with van der Waals surface area (Å²) >= 11 is 0. The molecule has 0 atom stereocenters. The summed E-state index contributed by atoms with van der Waals surface area (Å²) in [5, 5.41) is 14.1. The zero-order valence-corrected chi connectivity index (χ0v) is 14.2. The largest absolute Gasteiger partial charge is 0.317 e. The van der Waals surface area contributed by atoms with Crippen molar-refractivity contribution in [3.8, 4) is 0 Å². The first-order valence-corrected chi connectivity index (χ1v) is 7.95. The molecule has 0 spiro atoms. The second kappa shape index (κ2) is 8.78. The highest BCUT2D eigenvalue weighted by molar-refractivity contribution is 5.91. The highest BCUT2D eigenvalue weighted by Gasteiger charge is 2.19. The van der Waals surface area contributed by atoms with E-state index < -0.39 is 5.91 Å². The van der Waals surface area contributed by atoms with Crippen molar-refractivity contribution in [3.05, 3.63) is 65.5 Å². The molecule has 0 radical (unpaired) electrons. The fourth-order valence-corrected chi connectivity index (χ4v) is 2.93. The molecule has 0 saturated carbocycles. The van der Waals surface area contributed by atoms with E-state index in [0.29, 0.717) is 11.6 Å². The maximum absolute atomic E-state index is 12.4. The number of halogens is 1. The molecule has 1 aromatic heterocycles. The van der Waals surface area contributed by atoms with Crippen LogP contribution in [0.15, 0.2) is 48.7 Å². The Bertz CT molecular complexity index is 660. The normalized spacial score (nSPS) is 14.7. The van der Waals surface area contributed by atoms with Crippen LogP contribution in [0.25, 0.3) is 0 Å². The van der Waals surface area contributed by atoms with Crippen LogP contribution in [0.5, 0.6) is 0 Å². The molecular formula is C18H22ClN3O2. The number of hydrogen-bond donors (Lipinski definition) is 2. The third kappa shape index (κ3) is 4.54. The van der Waals surface area contributed by atoms with Gasteiger partial charge in [0, 0.05) is 6.20 Å². The SMILES string of the molecule is Cl.O=C(c1cc(C2CCNCC2)ccn1)N(O)Cc1ccccc1. The Labute approximate surface area is 148 Å². The first kappa shape index (κ1) is 18.4. The zero-order valence-electron chi connectivity index (χ0n) is 13.4. The number of carbonyl (C=O) groups excluding carboxylic acids is 1. The number of hydrogen-bond acceptors (Lipinski definition) is 4. The van der Waals surface area contributed by atoms with Crippen molar-refractivity contribution in [1.82, 2.24) is 15.4 Å². The van der Waals surface area contributed by atoms with Gasteiger partial charge in [-0.2, -0.15) is 0 Å². The number of benzene rings is 1. The van der Waals surface area contributed by atoms with Crippen molar-refractivity contribution < 1.29 is 10.0 Å². The van der Waals surface area contributed by atoms with E-state index in [9.17, 15) is 10.0 Å². The Morgan fingerprint density at radius 1 is 1.21 bits per heavy atom. The Hall–Kier alpha value is -1.95. The van der Waals surface area contributed by atoms with Crippen LogP contribution in [-0.2, 0) is 6.54 Å². The number of amides is 1. The van der Waals surface area contributed by atoms with Crippen LogP contribution in [0.2, 0.25) is 0 Å². The molecule has 1 fully saturated rings. The van der Waals surface area contributed by atoms with Gasteiger partial charge in [-0.1, -0.05) is 30.3 Å². The minimum absolute atomic E-state index is 0. The predicted molar refractivity (Wildman–Crippen MR) is 94.4 cm³/mol. The second-order valence-corrected chi connectivity index (χ2v) is 5.85. The Morgan fingerprint density at radius 2 is 1.92 bits per heavy atom. The maximum atomic E-state index is 12.4. The van der Waals surface area contributed by atoms with Crippen molar-refractivity contribution in [2.75, 3.05) is 13.1 Å². The predicted octanol–water partition coefficient (Wildman–Crippen LogP) is 3.00. The van der Waals surface area contributed by atoms with Crippen molar-refractivity contribution in [1.29, 1.82) is 0 Å². The number of carbonyl (C=O) groups is 1.